The van der Waals surface area contributed by atoms with Crippen LogP contribution in [0.15, 0.2) is 34.1 Å². The van der Waals surface area contributed by atoms with E-state index in [0.717, 1.165) is 6.42 Å². The number of aliphatic imine (C=N–C) groups is 1. The Balaban J connectivity index is 2.48. The minimum absolute atomic E-state index is 0.00974. The van der Waals surface area contributed by atoms with E-state index in [9.17, 15) is 14.7 Å². The fourth-order valence-electron chi connectivity index (χ4n) is 2.32. The normalized spacial score (nSPS) is 12.3. The highest BCUT2D eigenvalue weighted by Gasteiger charge is 2.14. The number of para-hydroxylation sites is 2. The first-order chi connectivity index (χ1) is 12.4. The van der Waals surface area contributed by atoms with E-state index >= 15 is 0 Å². The van der Waals surface area contributed by atoms with Crippen molar-refractivity contribution in [2.45, 2.75) is 39.7 Å². The summed E-state index contributed by atoms with van der Waals surface area (Å²) < 4.78 is 1.65. The highest BCUT2D eigenvalue weighted by molar-refractivity contribution is 7.71. The molecule has 0 saturated carbocycles. The molecule has 0 radical (unpaired) electrons. The molecule has 0 fully saturated rings. The molecule has 2 rings (SSSR count). The summed E-state index contributed by atoms with van der Waals surface area (Å²) in [5.74, 6) is -0.370. The number of anilines is 1. The van der Waals surface area contributed by atoms with Crippen molar-refractivity contribution in [1.29, 1.82) is 0 Å². The molecule has 0 saturated heterocycles. The van der Waals surface area contributed by atoms with Crippen LogP contribution in [0.2, 0.25) is 0 Å². The standard InChI is InChI=1S/C18H22N4O3S/c1-4-11(3)22-17(25)12(16(24)21-18(22)26)10-19-13-8-6-7-9-14(13)20-15(23)5-2/h6-11,25H,4-5H2,1-3H3,(H,20,23)(H,21,24,26). The predicted octanol–water partition coefficient (Wildman–Crippen LogP) is 3.68. The van der Waals surface area contributed by atoms with Gasteiger partial charge in [-0.15, -0.1) is 0 Å². The third-order valence-electron chi connectivity index (χ3n) is 4.02. The first kappa shape index (κ1) is 19.6. The van der Waals surface area contributed by atoms with Crippen LogP contribution in [0, 0.1) is 4.77 Å². The Morgan fingerprint density at radius 3 is 2.77 bits per heavy atom. The van der Waals surface area contributed by atoms with Gasteiger partial charge in [-0.25, -0.2) is 0 Å². The number of amides is 1. The molecule has 7 nitrogen and oxygen atoms in total. The lowest BCUT2D eigenvalue weighted by Gasteiger charge is -2.16. The molecule has 0 spiro atoms. The summed E-state index contributed by atoms with van der Waals surface area (Å²) in [5.41, 5.74) is 0.494. The van der Waals surface area contributed by atoms with Gasteiger partial charge in [0.2, 0.25) is 11.8 Å². The van der Waals surface area contributed by atoms with E-state index in [-0.39, 0.29) is 28.2 Å². The van der Waals surface area contributed by atoms with Crippen molar-refractivity contribution in [1.82, 2.24) is 9.55 Å². The first-order valence-electron chi connectivity index (χ1n) is 8.39. The van der Waals surface area contributed by atoms with Crippen LogP contribution in [0.25, 0.3) is 0 Å². The molecule has 0 aliphatic heterocycles. The average molecular weight is 374 g/mol. The Bertz CT molecular complexity index is 946. The van der Waals surface area contributed by atoms with Crippen LogP contribution in [-0.4, -0.2) is 26.8 Å². The summed E-state index contributed by atoms with van der Waals surface area (Å²) in [6.45, 7) is 5.60. The zero-order valence-corrected chi connectivity index (χ0v) is 15.8. The number of benzene rings is 1. The van der Waals surface area contributed by atoms with Crippen LogP contribution in [0.3, 0.4) is 0 Å². The number of carbonyl (C=O) groups is 1. The second-order valence-electron chi connectivity index (χ2n) is 5.80. The van der Waals surface area contributed by atoms with E-state index in [2.05, 4.69) is 15.3 Å². The van der Waals surface area contributed by atoms with Gasteiger partial charge in [0.15, 0.2) is 4.77 Å². The van der Waals surface area contributed by atoms with Crippen molar-refractivity contribution >= 4 is 35.7 Å². The largest absolute Gasteiger partial charge is 0.494 e. The minimum atomic E-state index is -0.522. The molecule has 1 aromatic heterocycles. The van der Waals surface area contributed by atoms with Crippen molar-refractivity contribution < 1.29 is 9.90 Å². The van der Waals surface area contributed by atoms with Gasteiger partial charge in [-0.1, -0.05) is 26.0 Å². The van der Waals surface area contributed by atoms with Gasteiger partial charge in [-0.05, 0) is 37.7 Å². The summed E-state index contributed by atoms with van der Waals surface area (Å²) in [6.07, 6.45) is 2.35. The van der Waals surface area contributed by atoms with Crippen LogP contribution in [-0.2, 0) is 4.79 Å². The number of nitrogens with one attached hydrogen (secondary N) is 2. The van der Waals surface area contributed by atoms with Crippen LogP contribution >= 0.6 is 12.2 Å². The number of hydrogen-bond donors (Lipinski definition) is 3. The maximum atomic E-state index is 12.2. The molecule has 1 heterocycles. The highest BCUT2D eigenvalue weighted by Crippen LogP contribution is 2.25. The number of carbonyl (C=O) groups excluding carboxylic acids is 1. The Morgan fingerprint density at radius 1 is 1.42 bits per heavy atom. The van der Waals surface area contributed by atoms with E-state index in [0.29, 0.717) is 17.8 Å². The Kier molecular flexibility index (Phi) is 6.46. The first-order valence-corrected chi connectivity index (χ1v) is 8.80. The average Bonchev–Trinajstić information content (AvgIpc) is 2.62. The maximum absolute atomic E-state index is 12.2. The van der Waals surface area contributed by atoms with Gasteiger partial charge >= 0.3 is 0 Å². The SMILES string of the molecule is CCC(=O)Nc1ccccc1N=Cc1c(O)n(C(C)CC)c(=S)[nH]c1=O. The van der Waals surface area contributed by atoms with Gasteiger partial charge in [0.05, 0.1) is 11.4 Å². The zero-order valence-electron chi connectivity index (χ0n) is 14.9. The molecule has 1 atom stereocenters. The molecule has 0 aliphatic rings. The summed E-state index contributed by atoms with van der Waals surface area (Å²) in [4.78, 5) is 30.7. The molecule has 26 heavy (non-hydrogen) atoms. The lowest BCUT2D eigenvalue weighted by atomic mass is 10.2. The van der Waals surface area contributed by atoms with Crippen molar-refractivity contribution in [2.24, 2.45) is 4.99 Å². The molecule has 1 amide bonds. The fraction of sp³-hybridized carbons (Fsp3) is 0.333. The summed E-state index contributed by atoms with van der Waals surface area (Å²) in [5, 5.41) is 13.2. The number of aromatic amines is 1. The summed E-state index contributed by atoms with van der Waals surface area (Å²) in [6, 6.07) is 6.89. The Morgan fingerprint density at radius 2 is 2.12 bits per heavy atom. The van der Waals surface area contributed by atoms with E-state index in [1.807, 2.05) is 13.8 Å². The van der Waals surface area contributed by atoms with Gasteiger partial charge in [0.1, 0.15) is 5.56 Å². The third-order valence-corrected chi connectivity index (χ3v) is 4.32. The molecule has 8 heteroatoms. The van der Waals surface area contributed by atoms with E-state index in [4.69, 9.17) is 12.2 Å². The molecular weight excluding hydrogens is 352 g/mol. The third kappa shape index (κ3) is 4.26. The lowest BCUT2D eigenvalue weighted by Crippen LogP contribution is -2.20. The van der Waals surface area contributed by atoms with Crippen molar-refractivity contribution in [3.63, 3.8) is 0 Å². The van der Waals surface area contributed by atoms with E-state index in [1.165, 1.54) is 10.8 Å². The van der Waals surface area contributed by atoms with Gasteiger partial charge in [-0.3, -0.25) is 24.1 Å². The van der Waals surface area contributed by atoms with Gasteiger partial charge in [0.25, 0.3) is 5.56 Å². The van der Waals surface area contributed by atoms with Gasteiger partial charge < -0.3 is 10.4 Å². The van der Waals surface area contributed by atoms with E-state index < -0.39 is 5.56 Å². The molecule has 2 aromatic rings. The van der Waals surface area contributed by atoms with Crippen molar-refractivity contribution in [3.05, 3.63) is 45.0 Å². The molecule has 0 aliphatic carbocycles. The van der Waals surface area contributed by atoms with Gasteiger partial charge in [0, 0.05) is 18.7 Å². The summed E-state index contributed by atoms with van der Waals surface area (Å²) >= 11 is 5.14. The van der Waals surface area contributed by atoms with E-state index in [1.54, 1.807) is 31.2 Å². The molecule has 3 N–H and O–H groups in total. The van der Waals surface area contributed by atoms with Crippen LogP contribution in [0.4, 0.5) is 11.4 Å². The van der Waals surface area contributed by atoms with Crippen LogP contribution in [0.1, 0.15) is 45.2 Å². The van der Waals surface area contributed by atoms with Crippen LogP contribution in [0.5, 0.6) is 5.88 Å². The predicted molar refractivity (Wildman–Crippen MR) is 105 cm³/mol. The van der Waals surface area contributed by atoms with Crippen molar-refractivity contribution in [3.8, 4) is 5.88 Å². The number of aromatic nitrogens is 2. The molecule has 0 bridgehead atoms. The topological polar surface area (TPSA) is 99.5 Å². The smallest absolute Gasteiger partial charge is 0.264 e. The van der Waals surface area contributed by atoms with Gasteiger partial charge in [-0.2, -0.15) is 0 Å². The quantitative estimate of drug-likeness (QED) is 0.530. The molecule has 1 unspecified atom stereocenters. The monoisotopic (exact) mass is 374 g/mol. The maximum Gasteiger partial charge on any atom is 0.264 e. The number of H-pyrrole nitrogens is 1. The number of hydrogen-bond acceptors (Lipinski definition) is 5. The van der Waals surface area contributed by atoms with Crippen LogP contribution < -0.4 is 10.9 Å². The molecule has 138 valence electrons. The number of rotatable bonds is 6. The number of nitrogens with zero attached hydrogens (tertiary/aromatic N) is 2. The Labute approximate surface area is 156 Å². The highest BCUT2D eigenvalue weighted by atomic mass is 32.1. The zero-order chi connectivity index (χ0) is 19.3. The second kappa shape index (κ2) is 8.57. The minimum Gasteiger partial charge on any atom is -0.494 e. The summed E-state index contributed by atoms with van der Waals surface area (Å²) in [7, 11) is 0. The Hall–Kier alpha value is -2.74. The molecular formula is C18H22N4O3S. The number of aromatic hydroxyl groups is 1. The lowest BCUT2D eigenvalue weighted by molar-refractivity contribution is -0.115. The molecule has 1 aromatic carbocycles. The second-order valence-corrected chi connectivity index (χ2v) is 6.19. The fourth-order valence-corrected chi connectivity index (χ4v) is 2.68. The van der Waals surface area contributed by atoms with Crippen molar-refractivity contribution in [2.75, 3.05) is 5.32 Å².